The Balaban J connectivity index is 1.72. The molecule has 1 saturated carbocycles. The summed E-state index contributed by atoms with van der Waals surface area (Å²) in [5, 5.41) is 9.96. The molecule has 0 spiro atoms. The fourth-order valence-corrected chi connectivity index (χ4v) is 4.54. The number of aromatic amines is 1. The maximum absolute atomic E-state index is 12.9. The minimum Gasteiger partial charge on any atom is -0.348 e. The summed E-state index contributed by atoms with van der Waals surface area (Å²) in [7, 11) is 1.85. The van der Waals surface area contributed by atoms with Crippen molar-refractivity contribution >= 4 is 29.9 Å². The van der Waals surface area contributed by atoms with Gasteiger partial charge in [0.05, 0.1) is 11.3 Å². The first-order valence-corrected chi connectivity index (χ1v) is 9.37. The number of aryl methyl sites for hydroxylation is 1. The van der Waals surface area contributed by atoms with Crippen molar-refractivity contribution in [2.24, 2.45) is 7.05 Å². The Morgan fingerprint density at radius 2 is 2.04 bits per heavy atom. The van der Waals surface area contributed by atoms with Crippen LogP contribution in [0, 0.1) is 11.7 Å². The zero-order valence-corrected chi connectivity index (χ0v) is 15.6. The summed E-state index contributed by atoms with van der Waals surface area (Å²) >= 11 is 6.80. The summed E-state index contributed by atoms with van der Waals surface area (Å²) in [6.45, 7) is 2.46. The molecule has 0 atom stereocenters. The highest BCUT2D eigenvalue weighted by Crippen LogP contribution is 2.45. The fourth-order valence-electron chi connectivity index (χ4n) is 3.01. The number of rotatable bonds is 5. The highest BCUT2D eigenvalue weighted by atomic mass is 32.2. The predicted octanol–water partition coefficient (Wildman–Crippen LogP) is 3.51. The lowest BCUT2D eigenvalue weighted by molar-refractivity contribution is -0.123. The largest absolute Gasteiger partial charge is 0.348 e. The summed E-state index contributed by atoms with van der Waals surface area (Å²) in [5.41, 5.74) is 1.23. The molecule has 0 bridgehead atoms. The van der Waals surface area contributed by atoms with Crippen LogP contribution in [0.25, 0.3) is 0 Å². The molecule has 128 valence electrons. The van der Waals surface area contributed by atoms with E-state index in [-0.39, 0.29) is 10.7 Å². The first kappa shape index (κ1) is 17.2. The van der Waals surface area contributed by atoms with E-state index in [1.165, 1.54) is 5.56 Å². The second kappa shape index (κ2) is 7.11. The standard InChI is InChI=1S/C17H22N4OS2/c1-12-5-7-13(8-6-12)24-17(9-3-4-10-17)15(22)18-11-14-19-20-16(23)21(14)2/h5-8H,3-4,9-11H2,1-2H3,(H,18,22)(H,20,23). The third kappa shape index (κ3) is 3.57. The van der Waals surface area contributed by atoms with Gasteiger partial charge in [-0.25, -0.2) is 0 Å². The summed E-state index contributed by atoms with van der Waals surface area (Å²) in [5.74, 6) is 0.835. The van der Waals surface area contributed by atoms with Crippen LogP contribution in [-0.2, 0) is 18.4 Å². The Labute approximate surface area is 151 Å². The van der Waals surface area contributed by atoms with E-state index in [2.05, 4.69) is 46.7 Å². The van der Waals surface area contributed by atoms with Gasteiger partial charge in [-0.2, -0.15) is 5.10 Å². The smallest absolute Gasteiger partial charge is 0.236 e. The molecule has 7 heteroatoms. The van der Waals surface area contributed by atoms with Crippen LogP contribution in [0.5, 0.6) is 0 Å². The van der Waals surface area contributed by atoms with Crippen molar-refractivity contribution in [2.75, 3.05) is 0 Å². The topological polar surface area (TPSA) is 62.7 Å². The first-order chi connectivity index (χ1) is 11.5. The lowest BCUT2D eigenvalue weighted by Crippen LogP contribution is -2.42. The minimum absolute atomic E-state index is 0.0968. The van der Waals surface area contributed by atoms with Gasteiger partial charge in [0, 0.05) is 11.9 Å². The molecule has 1 heterocycles. The number of thioether (sulfide) groups is 1. The van der Waals surface area contributed by atoms with Crippen LogP contribution in [0.3, 0.4) is 0 Å². The molecule has 1 aromatic heterocycles. The Morgan fingerprint density at radius 1 is 1.38 bits per heavy atom. The second-order valence-corrected chi connectivity index (χ2v) is 8.15. The molecular weight excluding hydrogens is 340 g/mol. The van der Waals surface area contributed by atoms with Crippen molar-refractivity contribution in [1.29, 1.82) is 0 Å². The van der Waals surface area contributed by atoms with Crippen molar-refractivity contribution in [3.63, 3.8) is 0 Å². The van der Waals surface area contributed by atoms with E-state index in [9.17, 15) is 4.79 Å². The molecule has 24 heavy (non-hydrogen) atoms. The monoisotopic (exact) mass is 362 g/mol. The maximum atomic E-state index is 12.9. The third-order valence-electron chi connectivity index (χ3n) is 4.54. The molecule has 1 amide bonds. The molecule has 0 radical (unpaired) electrons. The number of hydrogen-bond acceptors (Lipinski definition) is 4. The summed E-state index contributed by atoms with van der Waals surface area (Å²) in [6.07, 6.45) is 4.02. The molecule has 1 aliphatic carbocycles. The van der Waals surface area contributed by atoms with Crippen molar-refractivity contribution in [2.45, 2.75) is 48.8 Å². The van der Waals surface area contributed by atoms with E-state index in [4.69, 9.17) is 12.2 Å². The molecule has 0 aliphatic heterocycles. The van der Waals surface area contributed by atoms with Crippen LogP contribution in [0.1, 0.15) is 37.1 Å². The molecule has 1 aliphatic rings. The average molecular weight is 363 g/mol. The number of nitrogens with zero attached hydrogens (tertiary/aromatic N) is 2. The summed E-state index contributed by atoms with van der Waals surface area (Å²) < 4.78 is 1.97. The van der Waals surface area contributed by atoms with E-state index in [0.717, 1.165) is 36.4 Å². The number of aromatic nitrogens is 3. The molecule has 1 aromatic carbocycles. The van der Waals surface area contributed by atoms with Gasteiger partial charge in [0.1, 0.15) is 0 Å². The van der Waals surface area contributed by atoms with E-state index in [0.29, 0.717) is 11.3 Å². The summed E-state index contributed by atoms with van der Waals surface area (Å²) in [6, 6.07) is 8.39. The number of carbonyl (C=O) groups is 1. The molecule has 5 nitrogen and oxygen atoms in total. The van der Waals surface area contributed by atoms with Gasteiger partial charge in [0.2, 0.25) is 5.91 Å². The molecule has 2 N–H and O–H groups in total. The quantitative estimate of drug-likeness (QED) is 0.799. The molecule has 0 unspecified atom stereocenters. The number of carbonyl (C=O) groups excluding carboxylic acids is 1. The number of benzene rings is 1. The van der Waals surface area contributed by atoms with Crippen LogP contribution in [-0.4, -0.2) is 25.4 Å². The molecule has 3 rings (SSSR count). The van der Waals surface area contributed by atoms with E-state index >= 15 is 0 Å². The highest BCUT2D eigenvalue weighted by molar-refractivity contribution is 8.01. The number of amides is 1. The minimum atomic E-state index is -0.374. The number of nitrogens with one attached hydrogen (secondary N) is 2. The van der Waals surface area contributed by atoms with E-state index in [1.807, 2.05) is 7.05 Å². The zero-order chi connectivity index (χ0) is 17.2. The second-order valence-electron chi connectivity index (χ2n) is 6.30. The summed E-state index contributed by atoms with van der Waals surface area (Å²) in [4.78, 5) is 14.1. The maximum Gasteiger partial charge on any atom is 0.236 e. The van der Waals surface area contributed by atoms with Crippen LogP contribution in [0.15, 0.2) is 29.2 Å². The highest BCUT2D eigenvalue weighted by Gasteiger charge is 2.42. The average Bonchev–Trinajstić information content (AvgIpc) is 3.17. The normalized spacial score (nSPS) is 16.2. The fraction of sp³-hybridized carbons (Fsp3) is 0.471. The van der Waals surface area contributed by atoms with Crippen molar-refractivity contribution in [3.05, 3.63) is 40.4 Å². The van der Waals surface area contributed by atoms with Gasteiger partial charge in [-0.05, 0) is 44.1 Å². The molecule has 0 saturated heterocycles. The Bertz CT molecular complexity index is 773. The number of hydrogen-bond donors (Lipinski definition) is 2. The Hall–Kier alpha value is -1.60. The zero-order valence-electron chi connectivity index (χ0n) is 14.0. The van der Waals surface area contributed by atoms with Crippen LogP contribution < -0.4 is 5.32 Å². The number of H-pyrrole nitrogens is 1. The third-order valence-corrected chi connectivity index (χ3v) is 6.40. The van der Waals surface area contributed by atoms with Gasteiger partial charge in [-0.15, -0.1) is 11.8 Å². The van der Waals surface area contributed by atoms with Crippen LogP contribution in [0.4, 0.5) is 0 Å². The molecule has 2 aromatic rings. The predicted molar refractivity (Wildman–Crippen MR) is 98.5 cm³/mol. The van der Waals surface area contributed by atoms with Crippen molar-refractivity contribution in [1.82, 2.24) is 20.1 Å². The lowest BCUT2D eigenvalue weighted by Gasteiger charge is -2.27. The van der Waals surface area contributed by atoms with Gasteiger partial charge in [-0.1, -0.05) is 30.5 Å². The molecular formula is C17H22N4OS2. The van der Waals surface area contributed by atoms with Gasteiger partial charge in [-0.3, -0.25) is 9.89 Å². The van der Waals surface area contributed by atoms with Crippen LogP contribution in [0.2, 0.25) is 0 Å². The van der Waals surface area contributed by atoms with Gasteiger partial charge in [0.15, 0.2) is 10.6 Å². The van der Waals surface area contributed by atoms with E-state index < -0.39 is 0 Å². The van der Waals surface area contributed by atoms with Gasteiger partial charge in [0.25, 0.3) is 0 Å². The van der Waals surface area contributed by atoms with E-state index in [1.54, 1.807) is 16.3 Å². The van der Waals surface area contributed by atoms with Crippen molar-refractivity contribution in [3.8, 4) is 0 Å². The van der Waals surface area contributed by atoms with Crippen molar-refractivity contribution < 1.29 is 4.79 Å². The first-order valence-electron chi connectivity index (χ1n) is 8.14. The van der Waals surface area contributed by atoms with Crippen LogP contribution >= 0.6 is 24.0 Å². The Morgan fingerprint density at radius 3 is 2.62 bits per heavy atom. The Kier molecular flexibility index (Phi) is 5.10. The van der Waals surface area contributed by atoms with Gasteiger partial charge >= 0.3 is 0 Å². The lowest BCUT2D eigenvalue weighted by atomic mass is 10.1. The van der Waals surface area contributed by atoms with Gasteiger partial charge < -0.3 is 9.88 Å². The SMILES string of the molecule is Cc1ccc(SC2(C(=O)NCc3n[nH]c(=S)n3C)CCCC2)cc1. The molecule has 1 fully saturated rings.